The van der Waals surface area contributed by atoms with Crippen molar-refractivity contribution in [2.24, 2.45) is 0 Å². The van der Waals surface area contributed by atoms with Crippen LogP contribution in [0, 0.1) is 0 Å². The van der Waals surface area contributed by atoms with Crippen molar-refractivity contribution in [1.29, 1.82) is 0 Å². The van der Waals surface area contributed by atoms with Crippen LogP contribution in [0.15, 0.2) is 12.2 Å². The molecule has 1 aliphatic heterocycles. The molecule has 0 aliphatic carbocycles. The fourth-order valence-electron chi connectivity index (χ4n) is 0.448. The van der Waals surface area contributed by atoms with Crippen molar-refractivity contribution in [3.63, 3.8) is 0 Å². The summed E-state index contributed by atoms with van der Waals surface area (Å²) in [5.74, 6) is 0. The lowest BCUT2D eigenvalue weighted by molar-refractivity contribution is -0.282. The van der Waals surface area contributed by atoms with E-state index in [1.165, 1.54) is 0 Å². The Bertz CT molecular complexity index is 157. The first-order chi connectivity index (χ1) is 5.50. The Morgan fingerprint density at radius 1 is 1.17 bits per heavy atom. The summed E-state index contributed by atoms with van der Waals surface area (Å²) in [7, 11) is -4.64. The largest absolute Gasteiger partial charge is 0.466 e. The van der Waals surface area contributed by atoms with Gasteiger partial charge in [-0.05, 0) is 6.42 Å². The van der Waals surface area contributed by atoms with E-state index in [-0.39, 0.29) is 0 Å². The van der Waals surface area contributed by atoms with Gasteiger partial charge in [0.15, 0.2) is 0 Å². The highest BCUT2D eigenvalue weighted by Crippen LogP contribution is 2.25. The monoisotopic (exact) mass is 198 g/mol. The Morgan fingerprint density at radius 3 is 2.33 bits per heavy atom. The van der Waals surface area contributed by atoms with Crippen LogP contribution in [0.2, 0.25) is 0 Å². The predicted octanol–water partition coefficient (Wildman–Crippen LogP) is -0.0341. The van der Waals surface area contributed by atoms with Crippen molar-refractivity contribution in [3.8, 4) is 0 Å². The average Bonchev–Trinajstić information content (AvgIpc) is 2.10. The summed E-state index contributed by atoms with van der Waals surface area (Å²) in [4.78, 5) is 30.8. The summed E-state index contributed by atoms with van der Waals surface area (Å²) in [6, 6.07) is 0. The van der Waals surface area contributed by atoms with E-state index in [1.807, 2.05) is 12.2 Å². The second-order valence-corrected chi connectivity index (χ2v) is 2.91. The second-order valence-electron chi connectivity index (χ2n) is 1.88. The first kappa shape index (κ1) is 11.8. The van der Waals surface area contributed by atoms with E-state index in [1.54, 1.807) is 0 Å². The Balaban J connectivity index is 0.000000217. The highest BCUT2D eigenvalue weighted by atomic mass is 31.2. The van der Waals surface area contributed by atoms with E-state index in [9.17, 15) is 0 Å². The van der Waals surface area contributed by atoms with Gasteiger partial charge in [0, 0.05) is 0 Å². The van der Waals surface area contributed by atoms with Crippen molar-refractivity contribution >= 4 is 7.82 Å². The van der Waals surface area contributed by atoms with Gasteiger partial charge in [0.25, 0.3) is 0 Å². The Kier molecular flexibility index (Phi) is 6.18. The Morgan fingerprint density at radius 2 is 1.75 bits per heavy atom. The molecule has 0 atom stereocenters. The van der Waals surface area contributed by atoms with Gasteiger partial charge in [0.05, 0.1) is 6.61 Å². The van der Waals surface area contributed by atoms with Gasteiger partial charge in [-0.2, -0.15) is 0 Å². The minimum Gasteiger partial charge on any atom is -0.303 e. The molecular formula is C5H11O6P. The normalized spacial score (nSPS) is 17.6. The third-order valence-corrected chi connectivity index (χ3v) is 0.782. The molecule has 0 saturated heterocycles. The summed E-state index contributed by atoms with van der Waals surface area (Å²) >= 11 is 0. The lowest BCUT2D eigenvalue weighted by Crippen LogP contribution is -1.90. The molecule has 0 saturated carbocycles. The molecule has 0 aromatic rings. The minimum absolute atomic E-state index is 0.597. The van der Waals surface area contributed by atoms with Gasteiger partial charge in [0.1, 0.15) is 6.61 Å². The van der Waals surface area contributed by atoms with Crippen LogP contribution in [-0.4, -0.2) is 27.9 Å². The van der Waals surface area contributed by atoms with Gasteiger partial charge in [0.2, 0.25) is 0 Å². The van der Waals surface area contributed by atoms with Crippen LogP contribution in [0.3, 0.4) is 0 Å². The van der Waals surface area contributed by atoms with Crippen LogP contribution in [0.1, 0.15) is 6.42 Å². The van der Waals surface area contributed by atoms with E-state index in [4.69, 9.17) is 19.2 Å². The standard InChI is InChI=1S/C5H8O2.H3O4P/c1-2-4-6-7-5-3-1;1-5(2,3)4/h1-2H,3-5H2;(H3,1,2,3,4). The zero-order chi connectivity index (χ0) is 9.45. The third kappa shape index (κ3) is 16.4. The number of phosphoric acid groups is 1. The minimum atomic E-state index is -4.64. The number of hydrogen-bond acceptors (Lipinski definition) is 3. The zero-order valence-corrected chi connectivity index (χ0v) is 7.18. The van der Waals surface area contributed by atoms with Crippen LogP contribution < -0.4 is 0 Å². The fourth-order valence-corrected chi connectivity index (χ4v) is 0.448. The van der Waals surface area contributed by atoms with Crippen LogP contribution in [0.4, 0.5) is 0 Å². The second kappa shape index (κ2) is 6.30. The average molecular weight is 198 g/mol. The molecule has 0 fully saturated rings. The molecule has 0 amide bonds. The summed E-state index contributed by atoms with van der Waals surface area (Å²) in [5.41, 5.74) is 0. The van der Waals surface area contributed by atoms with Gasteiger partial charge in [-0.1, -0.05) is 12.2 Å². The van der Waals surface area contributed by atoms with E-state index in [2.05, 4.69) is 9.78 Å². The lowest BCUT2D eigenvalue weighted by Gasteiger charge is -1.92. The summed E-state index contributed by atoms with van der Waals surface area (Å²) < 4.78 is 8.88. The number of rotatable bonds is 0. The summed E-state index contributed by atoms with van der Waals surface area (Å²) in [6.45, 7) is 1.29. The summed E-state index contributed by atoms with van der Waals surface area (Å²) in [6.07, 6.45) is 4.97. The van der Waals surface area contributed by atoms with Gasteiger partial charge in [-0.15, -0.1) is 0 Å². The molecule has 1 aliphatic rings. The first-order valence-corrected chi connectivity index (χ1v) is 4.74. The predicted molar refractivity (Wildman–Crippen MR) is 39.9 cm³/mol. The highest BCUT2D eigenvalue weighted by molar-refractivity contribution is 7.45. The Labute approximate surface area is 69.6 Å². The van der Waals surface area contributed by atoms with Gasteiger partial charge in [-0.25, -0.2) is 14.3 Å². The third-order valence-electron chi connectivity index (χ3n) is 0.782. The molecule has 0 radical (unpaired) electrons. The molecule has 12 heavy (non-hydrogen) atoms. The molecule has 1 rings (SSSR count). The molecular weight excluding hydrogens is 187 g/mol. The fraction of sp³-hybridized carbons (Fsp3) is 0.600. The lowest BCUT2D eigenvalue weighted by atomic mass is 10.4. The summed E-state index contributed by atoms with van der Waals surface area (Å²) in [5, 5.41) is 0. The van der Waals surface area contributed by atoms with E-state index >= 15 is 0 Å². The van der Waals surface area contributed by atoms with E-state index in [0.717, 1.165) is 6.42 Å². The zero-order valence-electron chi connectivity index (χ0n) is 6.29. The van der Waals surface area contributed by atoms with Crippen LogP contribution in [-0.2, 0) is 14.3 Å². The highest BCUT2D eigenvalue weighted by Gasteiger charge is 2.00. The molecule has 3 N–H and O–H groups in total. The van der Waals surface area contributed by atoms with Gasteiger partial charge >= 0.3 is 7.82 Å². The topological polar surface area (TPSA) is 96.2 Å². The van der Waals surface area contributed by atoms with Crippen LogP contribution >= 0.6 is 7.82 Å². The maximum absolute atomic E-state index is 8.88. The van der Waals surface area contributed by atoms with E-state index < -0.39 is 7.82 Å². The van der Waals surface area contributed by atoms with Crippen molar-refractivity contribution in [1.82, 2.24) is 0 Å². The molecule has 0 aromatic heterocycles. The maximum Gasteiger partial charge on any atom is 0.466 e. The van der Waals surface area contributed by atoms with Crippen molar-refractivity contribution in [2.45, 2.75) is 6.42 Å². The van der Waals surface area contributed by atoms with E-state index in [0.29, 0.717) is 13.2 Å². The molecule has 0 bridgehead atoms. The smallest absolute Gasteiger partial charge is 0.303 e. The first-order valence-electron chi connectivity index (χ1n) is 3.18. The molecule has 0 spiro atoms. The van der Waals surface area contributed by atoms with Crippen LogP contribution in [0.25, 0.3) is 0 Å². The van der Waals surface area contributed by atoms with Crippen molar-refractivity contribution < 1.29 is 29.0 Å². The molecule has 1 heterocycles. The van der Waals surface area contributed by atoms with Crippen LogP contribution in [0.5, 0.6) is 0 Å². The van der Waals surface area contributed by atoms with Crippen molar-refractivity contribution in [2.75, 3.05) is 13.2 Å². The SMILES string of the molecule is C1=CCOOCC1.O=P(O)(O)O. The molecule has 0 unspecified atom stereocenters. The molecule has 72 valence electrons. The molecule has 0 aromatic carbocycles. The maximum atomic E-state index is 8.88. The van der Waals surface area contributed by atoms with Gasteiger partial charge in [-0.3, -0.25) is 0 Å². The quantitative estimate of drug-likeness (QED) is 0.287. The number of hydrogen-bond donors (Lipinski definition) is 3. The van der Waals surface area contributed by atoms with Crippen molar-refractivity contribution in [3.05, 3.63) is 12.2 Å². The molecule has 6 nitrogen and oxygen atoms in total. The molecule has 7 heteroatoms. The Hall–Kier alpha value is -0.230. The van der Waals surface area contributed by atoms with Gasteiger partial charge < -0.3 is 14.7 Å².